The van der Waals surface area contributed by atoms with Crippen LogP contribution in [0.5, 0.6) is 5.75 Å². The molecule has 90 valence electrons. The molecule has 3 rings (SSSR count). The summed E-state index contributed by atoms with van der Waals surface area (Å²) in [5, 5.41) is 0. The largest absolute Gasteiger partial charge is 0.497 e. The van der Waals surface area contributed by atoms with Crippen LogP contribution in [0.3, 0.4) is 0 Å². The van der Waals surface area contributed by atoms with Crippen LogP contribution in [0.4, 0.5) is 0 Å². The van der Waals surface area contributed by atoms with Gasteiger partial charge < -0.3 is 14.5 Å². The molecule has 0 spiro atoms. The fourth-order valence-corrected chi connectivity index (χ4v) is 2.29. The second-order valence-electron chi connectivity index (χ2n) is 4.52. The van der Waals surface area contributed by atoms with Crippen molar-refractivity contribution in [2.45, 2.75) is 32.0 Å². The molecule has 2 heterocycles. The van der Waals surface area contributed by atoms with E-state index in [2.05, 4.69) is 16.9 Å². The highest BCUT2D eigenvalue weighted by Crippen LogP contribution is 2.32. The average molecular weight is 232 g/mol. The maximum absolute atomic E-state index is 5.81. The Bertz CT molecular complexity index is 535. The van der Waals surface area contributed by atoms with E-state index < -0.39 is 0 Å². The maximum atomic E-state index is 5.81. The molecule has 0 saturated carbocycles. The number of imidazole rings is 1. The first-order valence-electron chi connectivity index (χ1n) is 5.95. The molecule has 1 aliphatic heterocycles. The number of nitrogens with one attached hydrogen (secondary N) is 1. The fraction of sp³-hybridized carbons (Fsp3) is 0.462. The summed E-state index contributed by atoms with van der Waals surface area (Å²) in [5.74, 6) is 1.77. The molecule has 4 heteroatoms. The van der Waals surface area contributed by atoms with E-state index in [4.69, 9.17) is 9.47 Å². The highest BCUT2D eigenvalue weighted by atomic mass is 16.5. The number of hydrogen-bond donors (Lipinski definition) is 1. The van der Waals surface area contributed by atoms with Gasteiger partial charge in [0.2, 0.25) is 0 Å². The van der Waals surface area contributed by atoms with Crippen molar-refractivity contribution in [3.05, 3.63) is 24.0 Å². The zero-order valence-electron chi connectivity index (χ0n) is 10.1. The number of fused-ring (bicyclic) bond motifs is 1. The Morgan fingerprint density at radius 2 is 2.29 bits per heavy atom. The molecular formula is C13H16N2O2. The van der Waals surface area contributed by atoms with E-state index in [1.165, 1.54) is 0 Å². The molecule has 17 heavy (non-hydrogen) atoms. The lowest BCUT2D eigenvalue weighted by molar-refractivity contribution is 0.0510. The third kappa shape index (κ3) is 1.89. The standard InChI is InChI=1S/C13H16N2O2/c1-8-3-6-12(17-8)13-14-10-5-4-9(16-2)7-11(10)15-13/h4-5,7-8,12H,3,6H2,1-2H3,(H,14,15). The molecule has 1 aromatic carbocycles. The van der Waals surface area contributed by atoms with Crippen LogP contribution in [0.1, 0.15) is 31.7 Å². The summed E-state index contributed by atoms with van der Waals surface area (Å²) >= 11 is 0. The molecule has 2 unspecified atom stereocenters. The lowest BCUT2D eigenvalue weighted by Crippen LogP contribution is -2.02. The van der Waals surface area contributed by atoms with Gasteiger partial charge in [-0.25, -0.2) is 4.98 Å². The van der Waals surface area contributed by atoms with Crippen LogP contribution in [0, 0.1) is 0 Å². The van der Waals surface area contributed by atoms with E-state index in [1.807, 2.05) is 18.2 Å². The monoisotopic (exact) mass is 232 g/mol. The molecule has 2 atom stereocenters. The predicted octanol–water partition coefficient (Wildman–Crippen LogP) is 2.81. The van der Waals surface area contributed by atoms with Crippen molar-refractivity contribution >= 4 is 11.0 Å². The Morgan fingerprint density at radius 1 is 1.41 bits per heavy atom. The van der Waals surface area contributed by atoms with Crippen molar-refractivity contribution in [1.29, 1.82) is 0 Å². The molecule has 4 nitrogen and oxygen atoms in total. The van der Waals surface area contributed by atoms with Gasteiger partial charge in [-0.15, -0.1) is 0 Å². The summed E-state index contributed by atoms with van der Waals surface area (Å²) in [6.07, 6.45) is 2.59. The number of rotatable bonds is 2. The number of aromatic nitrogens is 2. The lowest BCUT2D eigenvalue weighted by Gasteiger charge is -2.06. The molecular weight excluding hydrogens is 216 g/mol. The summed E-state index contributed by atoms with van der Waals surface area (Å²) < 4.78 is 11.0. The van der Waals surface area contributed by atoms with Crippen LogP contribution in [-0.4, -0.2) is 23.2 Å². The lowest BCUT2D eigenvalue weighted by atomic mass is 10.2. The van der Waals surface area contributed by atoms with Crippen molar-refractivity contribution in [3.8, 4) is 5.75 Å². The van der Waals surface area contributed by atoms with Crippen molar-refractivity contribution in [1.82, 2.24) is 9.97 Å². The van der Waals surface area contributed by atoms with Gasteiger partial charge in [-0.1, -0.05) is 0 Å². The van der Waals surface area contributed by atoms with E-state index in [1.54, 1.807) is 7.11 Å². The van der Waals surface area contributed by atoms with Crippen LogP contribution in [-0.2, 0) is 4.74 Å². The molecule has 1 fully saturated rings. The summed E-state index contributed by atoms with van der Waals surface area (Å²) in [4.78, 5) is 7.89. The number of methoxy groups -OCH3 is 1. The van der Waals surface area contributed by atoms with Crippen LogP contribution < -0.4 is 4.74 Å². The molecule has 1 saturated heterocycles. The normalized spacial score (nSPS) is 24.4. The highest BCUT2D eigenvalue weighted by Gasteiger charge is 2.25. The first-order valence-corrected chi connectivity index (χ1v) is 5.95. The highest BCUT2D eigenvalue weighted by molar-refractivity contribution is 5.76. The second kappa shape index (κ2) is 4.04. The number of hydrogen-bond acceptors (Lipinski definition) is 3. The minimum atomic E-state index is 0.114. The smallest absolute Gasteiger partial charge is 0.136 e. The molecule has 2 aromatic rings. The topological polar surface area (TPSA) is 47.1 Å². The summed E-state index contributed by atoms with van der Waals surface area (Å²) in [6.45, 7) is 2.10. The van der Waals surface area contributed by atoms with E-state index in [-0.39, 0.29) is 6.10 Å². The zero-order chi connectivity index (χ0) is 11.8. The van der Waals surface area contributed by atoms with Gasteiger partial charge in [0, 0.05) is 6.07 Å². The van der Waals surface area contributed by atoms with Gasteiger partial charge >= 0.3 is 0 Å². The molecule has 0 amide bonds. The number of nitrogens with zero attached hydrogens (tertiary/aromatic N) is 1. The van der Waals surface area contributed by atoms with Crippen molar-refractivity contribution in [2.75, 3.05) is 7.11 Å². The third-order valence-corrected chi connectivity index (χ3v) is 3.24. The Kier molecular flexibility index (Phi) is 2.52. The molecule has 1 N–H and O–H groups in total. The summed E-state index contributed by atoms with van der Waals surface area (Å²) in [6, 6.07) is 5.85. The predicted molar refractivity (Wildman–Crippen MR) is 65.2 cm³/mol. The zero-order valence-corrected chi connectivity index (χ0v) is 10.1. The second-order valence-corrected chi connectivity index (χ2v) is 4.52. The van der Waals surface area contributed by atoms with Crippen molar-refractivity contribution in [3.63, 3.8) is 0 Å². The van der Waals surface area contributed by atoms with E-state index >= 15 is 0 Å². The maximum Gasteiger partial charge on any atom is 0.136 e. The summed E-state index contributed by atoms with van der Waals surface area (Å²) in [7, 11) is 1.67. The SMILES string of the molecule is COc1ccc2nc(C3CCC(C)O3)[nH]c2c1. The third-order valence-electron chi connectivity index (χ3n) is 3.24. The van der Waals surface area contributed by atoms with Crippen LogP contribution >= 0.6 is 0 Å². The van der Waals surface area contributed by atoms with Crippen molar-refractivity contribution < 1.29 is 9.47 Å². The molecule has 0 aliphatic carbocycles. The molecule has 1 aromatic heterocycles. The first-order chi connectivity index (χ1) is 8.26. The van der Waals surface area contributed by atoms with E-state index in [0.717, 1.165) is 35.4 Å². The Morgan fingerprint density at radius 3 is 3.00 bits per heavy atom. The number of benzene rings is 1. The van der Waals surface area contributed by atoms with Gasteiger partial charge in [0.15, 0.2) is 0 Å². The van der Waals surface area contributed by atoms with E-state index in [0.29, 0.717) is 6.10 Å². The van der Waals surface area contributed by atoms with Gasteiger partial charge in [-0.2, -0.15) is 0 Å². The first kappa shape index (κ1) is 10.6. The van der Waals surface area contributed by atoms with Gasteiger partial charge in [-0.3, -0.25) is 0 Å². The van der Waals surface area contributed by atoms with Crippen LogP contribution in [0.25, 0.3) is 11.0 Å². The van der Waals surface area contributed by atoms with Gasteiger partial charge in [0.25, 0.3) is 0 Å². The quantitative estimate of drug-likeness (QED) is 0.866. The Balaban J connectivity index is 1.96. The fourth-order valence-electron chi connectivity index (χ4n) is 2.29. The van der Waals surface area contributed by atoms with Gasteiger partial charge in [0.1, 0.15) is 17.7 Å². The Hall–Kier alpha value is -1.55. The summed E-state index contributed by atoms with van der Waals surface area (Å²) in [5.41, 5.74) is 1.96. The Labute approximate surface area is 100.0 Å². The molecule has 0 radical (unpaired) electrons. The van der Waals surface area contributed by atoms with Crippen LogP contribution in [0.15, 0.2) is 18.2 Å². The van der Waals surface area contributed by atoms with Gasteiger partial charge in [-0.05, 0) is 31.9 Å². The number of ether oxygens (including phenoxy) is 2. The van der Waals surface area contributed by atoms with Gasteiger partial charge in [0.05, 0.1) is 24.2 Å². The van der Waals surface area contributed by atoms with Crippen LogP contribution in [0.2, 0.25) is 0 Å². The molecule has 0 bridgehead atoms. The van der Waals surface area contributed by atoms with E-state index in [9.17, 15) is 0 Å². The average Bonchev–Trinajstić information content (AvgIpc) is 2.93. The minimum absolute atomic E-state index is 0.114. The number of aromatic amines is 1. The van der Waals surface area contributed by atoms with Crippen molar-refractivity contribution in [2.24, 2.45) is 0 Å². The molecule has 1 aliphatic rings. The number of H-pyrrole nitrogens is 1. The minimum Gasteiger partial charge on any atom is -0.497 e.